The van der Waals surface area contributed by atoms with Gasteiger partial charge in [-0.2, -0.15) is 0 Å². The Balaban J connectivity index is 1.91. The summed E-state index contributed by atoms with van der Waals surface area (Å²) in [5.41, 5.74) is -0.198. The smallest absolute Gasteiger partial charge is 0.316 e. The Hall–Kier alpha value is -3.49. The number of aryl methyl sites for hydroxylation is 2. The van der Waals surface area contributed by atoms with Crippen LogP contribution in [0.15, 0.2) is 39.9 Å². The van der Waals surface area contributed by atoms with Crippen molar-refractivity contribution in [3.8, 4) is 0 Å². The molecule has 1 aliphatic rings. The maximum absolute atomic E-state index is 14.1. The maximum atomic E-state index is 14.1. The fraction of sp³-hybridized carbons (Fsp3) is 0.286. The summed E-state index contributed by atoms with van der Waals surface area (Å²) >= 11 is 0. The van der Waals surface area contributed by atoms with Crippen LogP contribution in [0.2, 0.25) is 0 Å². The van der Waals surface area contributed by atoms with E-state index in [1.807, 2.05) is 4.90 Å². The van der Waals surface area contributed by atoms with Crippen molar-refractivity contribution in [3.05, 3.63) is 68.2 Å². The van der Waals surface area contributed by atoms with Crippen molar-refractivity contribution in [1.82, 2.24) is 9.13 Å². The quantitative estimate of drug-likeness (QED) is 0.668. The number of rotatable bonds is 3. The van der Waals surface area contributed by atoms with E-state index in [1.165, 1.54) is 29.3 Å². The van der Waals surface area contributed by atoms with Gasteiger partial charge in [-0.1, -0.05) is 6.07 Å². The van der Waals surface area contributed by atoms with E-state index in [1.54, 1.807) is 12.1 Å². The van der Waals surface area contributed by atoms with Crippen LogP contribution in [0.3, 0.4) is 0 Å². The van der Waals surface area contributed by atoms with Crippen molar-refractivity contribution in [2.75, 3.05) is 23.3 Å². The fourth-order valence-corrected chi connectivity index (χ4v) is 3.83. The zero-order chi connectivity index (χ0) is 21.6. The number of amides is 1. The van der Waals surface area contributed by atoms with Crippen LogP contribution < -0.4 is 21.3 Å². The van der Waals surface area contributed by atoms with Crippen molar-refractivity contribution < 1.29 is 13.6 Å². The van der Waals surface area contributed by atoms with Crippen LogP contribution in [0.4, 0.5) is 20.2 Å². The van der Waals surface area contributed by atoms with Crippen molar-refractivity contribution >= 4 is 28.3 Å². The molecule has 0 atom stereocenters. The number of aromatic nitrogens is 2. The molecule has 9 heteroatoms. The minimum atomic E-state index is -0.967. The summed E-state index contributed by atoms with van der Waals surface area (Å²) in [7, 11) is 2.97. The molecule has 0 saturated carbocycles. The van der Waals surface area contributed by atoms with E-state index in [0.717, 1.165) is 38.1 Å². The predicted molar refractivity (Wildman–Crippen MR) is 110 cm³/mol. The van der Waals surface area contributed by atoms with Crippen LogP contribution >= 0.6 is 0 Å². The zero-order valence-corrected chi connectivity index (χ0v) is 16.5. The predicted octanol–water partition coefficient (Wildman–Crippen LogP) is 2.37. The molecule has 156 valence electrons. The summed E-state index contributed by atoms with van der Waals surface area (Å²) in [6.45, 7) is 1.48. The largest absolute Gasteiger partial charge is 0.370 e. The minimum absolute atomic E-state index is 0.311. The molecule has 0 spiro atoms. The second-order valence-corrected chi connectivity index (χ2v) is 7.33. The molecule has 0 aliphatic carbocycles. The number of hydrogen-bond donors (Lipinski definition) is 1. The number of benzene rings is 2. The van der Waals surface area contributed by atoms with Gasteiger partial charge >= 0.3 is 11.1 Å². The number of carbonyl (C=O) groups excluding carboxylic acids is 1. The summed E-state index contributed by atoms with van der Waals surface area (Å²) in [6, 6.07) is 6.48. The molecule has 2 heterocycles. The lowest BCUT2D eigenvalue weighted by molar-refractivity contribution is 0.101. The fourth-order valence-electron chi connectivity index (χ4n) is 3.83. The van der Waals surface area contributed by atoms with E-state index >= 15 is 0 Å². The highest BCUT2D eigenvalue weighted by molar-refractivity contribution is 6.07. The van der Waals surface area contributed by atoms with Gasteiger partial charge in [-0.05, 0) is 37.1 Å². The minimum Gasteiger partial charge on any atom is -0.370 e. The number of nitrogens with one attached hydrogen (secondary N) is 1. The van der Waals surface area contributed by atoms with E-state index in [4.69, 9.17) is 0 Å². The van der Waals surface area contributed by atoms with Crippen molar-refractivity contribution in [1.29, 1.82) is 0 Å². The third-order valence-corrected chi connectivity index (χ3v) is 5.49. The monoisotopic (exact) mass is 414 g/mol. The topological polar surface area (TPSA) is 76.3 Å². The molecule has 1 saturated heterocycles. The average molecular weight is 414 g/mol. The molecule has 1 amide bonds. The van der Waals surface area contributed by atoms with Crippen molar-refractivity contribution in [2.45, 2.75) is 12.8 Å². The summed E-state index contributed by atoms with van der Waals surface area (Å²) in [6.07, 6.45) is 1.92. The molecule has 1 N–H and O–H groups in total. The number of carbonyl (C=O) groups is 1. The third kappa shape index (κ3) is 3.16. The highest BCUT2D eigenvalue weighted by atomic mass is 19.1. The van der Waals surface area contributed by atoms with Crippen LogP contribution in [0, 0.1) is 11.6 Å². The average Bonchev–Trinajstić information content (AvgIpc) is 3.25. The van der Waals surface area contributed by atoms with E-state index in [2.05, 4.69) is 5.32 Å². The van der Waals surface area contributed by atoms with Gasteiger partial charge in [0.05, 0.1) is 22.4 Å². The Kier molecular flexibility index (Phi) is 4.89. The van der Waals surface area contributed by atoms with Gasteiger partial charge in [0.15, 0.2) is 0 Å². The Labute approximate surface area is 170 Å². The number of hydrogen-bond acceptors (Lipinski definition) is 4. The molecule has 4 rings (SSSR count). The summed E-state index contributed by atoms with van der Waals surface area (Å²) in [4.78, 5) is 39.2. The lowest BCUT2D eigenvalue weighted by Gasteiger charge is -2.23. The maximum Gasteiger partial charge on any atom is 0.316 e. The molecule has 1 fully saturated rings. The Morgan fingerprint density at radius 3 is 2.03 bits per heavy atom. The van der Waals surface area contributed by atoms with Crippen LogP contribution in [-0.4, -0.2) is 28.1 Å². The van der Waals surface area contributed by atoms with Gasteiger partial charge in [0.2, 0.25) is 0 Å². The number of nitrogens with zero attached hydrogens (tertiary/aromatic N) is 3. The molecule has 30 heavy (non-hydrogen) atoms. The molecule has 3 aromatic rings. The first-order valence-electron chi connectivity index (χ1n) is 9.53. The van der Waals surface area contributed by atoms with E-state index in [-0.39, 0.29) is 0 Å². The highest BCUT2D eigenvalue weighted by Crippen LogP contribution is 2.33. The lowest BCUT2D eigenvalue weighted by atomic mass is 10.1. The number of fused-ring (bicyclic) bond motifs is 1. The van der Waals surface area contributed by atoms with Crippen LogP contribution in [0.1, 0.15) is 23.2 Å². The van der Waals surface area contributed by atoms with Gasteiger partial charge in [-0.25, -0.2) is 8.78 Å². The Bertz CT molecular complexity index is 1270. The normalized spacial score (nSPS) is 13.8. The Morgan fingerprint density at radius 2 is 1.47 bits per heavy atom. The van der Waals surface area contributed by atoms with Crippen molar-refractivity contribution in [3.63, 3.8) is 0 Å². The zero-order valence-electron chi connectivity index (χ0n) is 16.5. The molecule has 7 nitrogen and oxygen atoms in total. The summed E-state index contributed by atoms with van der Waals surface area (Å²) in [5.74, 6) is -2.86. The number of anilines is 2. The SMILES string of the molecule is Cn1c(=O)c(=O)n(C)c2cc(N3CCCC3)c(NC(=O)c3c(F)cccc3F)cc21. The van der Waals surface area contributed by atoms with Crippen molar-refractivity contribution in [2.24, 2.45) is 14.1 Å². The van der Waals surface area contributed by atoms with E-state index in [9.17, 15) is 23.2 Å². The highest BCUT2D eigenvalue weighted by Gasteiger charge is 2.23. The second kappa shape index (κ2) is 7.40. The first-order chi connectivity index (χ1) is 14.3. The van der Waals surface area contributed by atoms with Crippen LogP contribution in [0.5, 0.6) is 0 Å². The van der Waals surface area contributed by atoms with Gasteiger partial charge in [0, 0.05) is 27.2 Å². The number of halogens is 2. The van der Waals surface area contributed by atoms with Gasteiger partial charge in [0.1, 0.15) is 17.2 Å². The molecule has 1 aliphatic heterocycles. The van der Waals surface area contributed by atoms with Crippen LogP contribution in [0.25, 0.3) is 11.0 Å². The molecule has 2 aromatic carbocycles. The summed E-state index contributed by atoms with van der Waals surface area (Å²) in [5, 5.41) is 2.59. The molecular formula is C21H20F2N4O3. The Morgan fingerprint density at radius 1 is 0.933 bits per heavy atom. The van der Waals surface area contributed by atoms with Gasteiger partial charge in [-0.15, -0.1) is 0 Å². The van der Waals surface area contributed by atoms with E-state index in [0.29, 0.717) is 22.4 Å². The molecule has 1 aromatic heterocycles. The standard InChI is InChI=1S/C21H20F2N4O3/c1-25-16-10-14(24-19(28)18-12(22)6-5-7-13(18)23)15(27-8-3-4-9-27)11-17(16)26(2)21(30)20(25)29/h5-7,10-11H,3-4,8-9H2,1-2H3,(H,24,28). The third-order valence-electron chi connectivity index (χ3n) is 5.49. The van der Waals surface area contributed by atoms with Gasteiger partial charge in [-0.3, -0.25) is 14.4 Å². The second-order valence-electron chi connectivity index (χ2n) is 7.33. The van der Waals surface area contributed by atoms with Crippen LogP contribution in [-0.2, 0) is 14.1 Å². The molecule has 0 radical (unpaired) electrons. The summed E-state index contributed by atoms with van der Waals surface area (Å²) < 4.78 is 30.6. The lowest BCUT2D eigenvalue weighted by Crippen LogP contribution is -2.39. The first-order valence-corrected chi connectivity index (χ1v) is 9.53. The van der Waals surface area contributed by atoms with Gasteiger partial charge in [0.25, 0.3) is 5.91 Å². The molecule has 0 unspecified atom stereocenters. The van der Waals surface area contributed by atoms with Gasteiger partial charge < -0.3 is 19.4 Å². The molecular weight excluding hydrogens is 394 g/mol. The van der Waals surface area contributed by atoms with E-state index < -0.39 is 34.2 Å². The molecule has 0 bridgehead atoms. The first kappa shape index (κ1) is 19.8.